The minimum Gasteiger partial charge on any atom is -0.361 e. The number of hydrogen-bond donors (Lipinski definition) is 0. The van der Waals surface area contributed by atoms with Crippen LogP contribution in [0.4, 0.5) is 5.69 Å². The molecule has 1 unspecified atom stereocenters. The molecule has 3 aromatic rings. The Kier molecular flexibility index (Phi) is 5.81. The Labute approximate surface area is 166 Å². The molecule has 0 aliphatic carbocycles. The molecule has 0 N–H and O–H groups in total. The van der Waals surface area contributed by atoms with E-state index < -0.39 is 8.07 Å². The van der Waals surface area contributed by atoms with Crippen LogP contribution in [0.1, 0.15) is 18.2 Å². The Morgan fingerprint density at radius 3 is 2.57 bits per heavy atom. The predicted molar refractivity (Wildman–Crippen MR) is 118 cm³/mol. The molecular weight excluding hydrogens is 368 g/mol. The van der Waals surface area contributed by atoms with Crippen molar-refractivity contribution in [3.8, 4) is 0 Å². The van der Waals surface area contributed by atoms with Gasteiger partial charge in [-0.15, -0.1) is 0 Å². The fraction of sp³-hybridized carbons (Fsp3) is 0.273. The van der Waals surface area contributed by atoms with Crippen LogP contribution in [-0.4, -0.2) is 23.3 Å². The molecule has 1 atom stereocenters. The van der Waals surface area contributed by atoms with Crippen LogP contribution in [0.2, 0.25) is 19.6 Å². The topological polar surface area (TPSA) is 57.3 Å². The second kappa shape index (κ2) is 8.12. The summed E-state index contributed by atoms with van der Waals surface area (Å²) in [6, 6.07) is 17.0. The summed E-state index contributed by atoms with van der Waals surface area (Å²) in [4.78, 5) is 10.6. The van der Waals surface area contributed by atoms with E-state index in [1.54, 1.807) is 12.1 Å². The van der Waals surface area contributed by atoms with Crippen LogP contribution in [0, 0.1) is 10.1 Å². The molecule has 0 saturated heterocycles. The van der Waals surface area contributed by atoms with Crippen LogP contribution in [0.15, 0.2) is 54.6 Å². The van der Waals surface area contributed by atoms with Crippen molar-refractivity contribution in [2.24, 2.45) is 0 Å². The van der Waals surface area contributed by atoms with Crippen molar-refractivity contribution in [2.75, 3.05) is 0 Å². The van der Waals surface area contributed by atoms with E-state index in [1.807, 2.05) is 30.4 Å². The van der Waals surface area contributed by atoms with Gasteiger partial charge in [-0.3, -0.25) is 10.1 Å². The summed E-state index contributed by atoms with van der Waals surface area (Å²) < 4.78 is 8.36. The zero-order chi connectivity index (χ0) is 20.3. The van der Waals surface area contributed by atoms with Gasteiger partial charge in [-0.05, 0) is 30.7 Å². The molecule has 1 heterocycles. The molecule has 0 aliphatic heterocycles. The second-order valence-electron chi connectivity index (χ2n) is 8.05. The molecule has 28 heavy (non-hydrogen) atoms. The fourth-order valence-electron chi connectivity index (χ4n) is 2.87. The number of benzene rings is 2. The molecule has 2 aromatic carbocycles. The Morgan fingerprint density at radius 1 is 1.11 bits per heavy atom. The highest BCUT2D eigenvalue weighted by atomic mass is 28.3. The third kappa shape index (κ3) is 4.58. The van der Waals surface area contributed by atoms with Crippen molar-refractivity contribution in [3.05, 3.63) is 76.0 Å². The van der Waals surface area contributed by atoms with Gasteiger partial charge in [-0.2, -0.15) is 0 Å². The van der Waals surface area contributed by atoms with Crippen molar-refractivity contribution in [1.82, 2.24) is 4.57 Å². The van der Waals surface area contributed by atoms with Crippen molar-refractivity contribution in [1.29, 1.82) is 0 Å². The SMILES string of the molecule is CC(OCn1c(/C=C/c2cccc([N+](=O)[O-])c2)cc2ccccc21)[Si](C)(C)C. The average molecular weight is 395 g/mol. The summed E-state index contributed by atoms with van der Waals surface area (Å²) in [5.74, 6) is 0. The summed E-state index contributed by atoms with van der Waals surface area (Å²) in [5, 5.41) is 12.1. The summed E-state index contributed by atoms with van der Waals surface area (Å²) in [6.07, 6.45) is 3.89. The van der Waals surface area contributed by atoms with Gasteiger partial charge in [0.05, 0.1) is 18.5 Å². The lowest BCUT2D eigenvalue weighted by atomic mass is 10.2. The fourth-order valence-corrected chi connectivity index (χ4v) is 3.45. The molecular formula is C22H26N2O3Si. The molecule has 0 fully saturated rings. The minimum atomic E-state index is -1.38. The van der Waals surface area contributed by atoms with Gasteiger partial charge in [0.1, 0.15) is 6.73 Å². The van der Waals surface area contributed by atoms with Gasteiger partial charge in [0.25, 0.3) is 5.69 Å². The monoisotopic (exact) mass is 394 g/mol. The first-order valence-corrected chi connectivity index (χ1v) is 13.0. The number of hydrogen-bond acceptors (Lipinski definition) is 3. The molecule has 6 heteroatoms. The van der Waals surface area contributed by atoms with E-state index in [2.05, 4.69) is 49.3 Å². The first kappa shape index (κ1) is 20.0. The van der Waals surface area contributed by atoms with Crippen molar-refractivity contribution < 1.29 is 9.66 Å². The van der Waals surface area contributed by atoms with Gasteiger partial charge in [0.15, 0.2) is 0 Å². The van der Waals surface area contributed by atoms with Crippen molar-refractivity contribution in [2.45, 2.75) is 39.0 Å². The second-order valence-corrected chi connectivity index (χ2v) is 13.6. The Morgan fingerprint density at radius 2 is 1.86 bits per heavy atom. The number of para-hydroxylation sites is 1. The highest BCUT2D eigenvalue weighted by molar-refractivity contribution is 6.77. The molecule has 0 radical (unpaired) electrons. The summed E-state index contributed by atoms with van der Waals surface area (Å²) in [7, 11) is -1.38. The molecule has 1 aromatic heterocycles. The van der Waals surface area contributed by atoms with Gasteiger partial charge in [0.2, 0.25) is 0 Å². The van der Waals surface area contributed by atoms with Crippen LogP contribution in [0.25, 0.3) is 23.1 Å². The maximum Gasteiger partial charge on any atom is 0.270 e. The Balaban J connectivity index is 1.92. The van der Waals surface area contributed by atoms with E-state index in [4.69, 9.17) is 4.74 Å². The van der Waals surface area contributed by atoms with Gasteiger partial charge < -0.3 is 9.30 Å². The van der Waals surface area contributed by atoms with Crippen LogP contribution < -0.4 is 0 Å². The summed E-state index contributed by atoms with van der Waals surface area (Å²) in [5.41, 5.74) is 3.25. The van der Waals surface area contributed by atoms with Gasteiger partial charge in [-0.25, -0.2) is 0 Å². The molecule has 0 spiro atoms. The standard InChI is InChI=1S/C22H26N2O3Si/c1-17(28(2,3)4)27-16-23-20(15-19-9-5-6-11-22(19)23)13-12-18-8-7-10-21(14-18)24(25)26/h5-15,17H,16H2,1-4H3/b13-12+. The van der Waals surface area contributed by atoms with Crippen LogP contribution in [0.3, 0.4) is 0 Å². The van der Waals surface area contributed by atoms with Crippen LogP contribution in [0.5, 0.6) is 0 Å². The van der Waals surface area contributed by atoms with Gasteiger partial charge in [0, 0.05) is 28.9 Å². The number of rotatable bonds is 7. The van der Waals surface area contributed by atoms with Gasteiger partial charge in [-0.1, -0.05) is 56.0 Å². The average Bonchev–Trinajstić information content (AvgIpc) is 3.01. The lowest BCUT2D eigenvalue weighted by Crippen LogP contribution is -2.38. The van der Waals surface area contributed by atoms with E-state index in [0.717, 1.165) is 22.2 Å². The highest BCUT2D eigenvalue weighted by Crippen LogP contribution is 2.23. The maximum absolute atomic E-state index is 11.0. The normalized spacial score (nSPS) is 13.3. The Hall–Kier alpha value is -2.70. The zero-order valence-electron chi connectivity index (χ0n) is 16.8. The lowest BCUT2D eigenvalue weighted by molar-refractivity contribution is -0.384. The first-order chi connectivity index (χ1) is 13.3. The molecule has 0 bridgehead atoms. The first-order valence-electron chi connectivity index (χ1n) is 9.38. The molecule has 0 saturated carbocycles. The maximum atomic E-state index is 11.0. The summed E-state index contributed by atoms with van der Waals surface area (Å²) >= 11 is 0. The highest BCUT2D eigenvalue weighted by Gasteiger charge is 2.23. The van der Waals surface area contributed by atoms with Crippen molar-refractivity contribution >= 4 is 36.8 Å². The lowest BCUT2D eigenvalue weighted by Gasteiger charge is -2.26. The van der Waals surface area contributed by atoms with E-state index >= 15 is 0 Å². The number of ether oxygens (including phenoxy) is 1. The van der Waals surface area contributed by atoms with Crippen LogP contribution >= 0.6 is 0 Å². The molecule has 0 amide bonds. The molecule has 5 nitrogen and oxygen atoms in total. The predicted octanol–water partition coefficient (Wildman–Crippen LogP) is 5.96. The number of aromatic nitrogens is 1. The quantitative estimate of drug-likeness (QED) is 0.282. The number of nitro benzene ring substituents is 1. The zero-order valence-corrected chi connectivity index (χ0v) is 17.8. The number of nitrogens with zero attached hydrogens (tertiary/aromatic N) is 2. The Bertz CT molecular complexity index is 1020. The van der Waals surface area contributed by atoms with E-state index in [1.165, 1.54) is 6.07 Å². The third-order valence-electron chi connectivity index (χ3n) is 5.04. The third-order valence-corrected chi connectivity index (χ3v) is 7.65. The van der Waals surface area contributed by atoms with Crippen LogP contribution in [-0.2, 0) is 11.5 Å². The number of fused-ring (bicyclic) bond motifs is 1. The molecule has 146 valence electrons. The van der Waals surface area contributed by atoms with Gasteiger partial charge >= 0.3 is 0 Å². The van der Waals surface area contributed by atoms with E-state index in [0.29, 0.717) is 6.73 Å². The minimum absolute atomic E-state index is 0.0926. The smallest absolute Gasteiger partial charge is 0.270 e. The van der Waals surface area contributed by atoms with Crippen molar-refractivity contribution in [3.63, 3.8) is 0 Å². The number of nitro groups is 1. The molecule has 3 rings (SSSR count). The van der Waals surface area contributed by atoms with E-state index in [9.17, 15) is 10.1 Å². The largest absolute Gasteiger partial charge is 0.361 e. The number of non-ortho nitro benzene ring substituents is 1. The molecule has 0 aliphatic rings. The summed E-state index contributed by atoms with van der Waals surface area (Å²) in [6.45, 7) is 9.53. The van der Waals surface area contributed by atoms with E-state index in [-0.39, 0.29) is 16.3 Å².